The Labute approximate surface area is 123 Å². The summed E-state index contributed by atoms with van der Waals surface area (Å²) in [5.74, 6) is 0. The Morgan fingerprint density at radius 2 is 2.26 bits per heavy atom. The van der Waals surface area contributed by atoms with Gasteiger partial charge in [0.15, 0.2) is 0 Å². The molecule has 0 aliphatic carbocycles. The fraction of sp³-hybridized carbons (Fsp3) is 0.615. The minimum Gasteiger partial charge on any atom is -0.394 e. The summed E-state index contributed by atoms with van der Waals surface area (Å²) >= 11 is 7.31. The molecule has 6 heteroatoms. The maximum Gasteiger partial charge on any atom is 0.315 e. The lowest BCUT2D eigenvalue weighted by Crippen LogP contribution is -2.52. The van der Waals surface area contributed by atoms with E-state index in [2.05, 4.69) is 10.6 Å². The van der Waals surface area contributed by atoms with E-state index in [0.29, 0.717) is 4.34 Å². The third kappa shape index (κ3) is 5.01. The van der Waals surface area contributed by atoms with Crippen LogP contribution in [0.4, 0.5) is 4.79 Å². The molecule has 0 fully saturated rings. The van der Waals surface area contributed by atoms with E-state index in [1.165, 1.54) is 11.3 Å². The molecule has 0 bridgehead atoms. The molecule has 0 aliphatic rings. The molecule has 0 aromatic carbocycles. The Kier molecular flexibility index (Phi) is 6.10. The zero-order chi connectivity index (χ0) is 14.5. The van der Waals surface area contributed by atoms with Gasteiger partial charge in [-0.3, -0.25) is 0 Å². The number of carbonyl (C=O) groups is 1. The van der Waals surface area contributed by atoms with Crippen LogP contribution in [0.15, 0.2) is 12.1 Å². The first-order valence-electron chi connectivity index (χ1n) is 6.35. The van der Waals surface area contributed by atoms with Gasteiger partial charge in [0.2, 0.25) is 0 Å². The Balaban J connectivity index is 2.55. The maximum atomic E-state index is 11.9. The van der Waals surface area contributed by atoms with Crippen molar-refractivity contribution in [2.75, 3.05) is 6.61 Å². The van der Waals surface area contributed by atoms with Gasteiger partial charge < -0.3 is 15.7 Å². The molecule has 4 nitrogen and oxygen atoms in total. The zero-order valence-electron chi connectivity index (χ0n) is 11.5. The molecule has 2 atom stereocenters. The highest BCUT2D eigenvalue weighted by atomic mass is 35.5. The van der Waals surface area contributed by atoms with Gasteiger partial charge in [-0.05, 0) is 32.4 Å². The number of aliphatic hydroxyl groups is 1. The first kappa shape index (κ1) is 16.3. The van der Waals surface area contributed by atoms with Crippen molar-refractivity contribution in [2.24, 2.45) is 0 Å². The molecule has 19 heavy (non-hydrogen) atoms. The first-order valence-corrected chi connectivity index (χ1v) is 7.54. The Morgan fingerprint density at radius 1 is 1.58 bits per heavy atom. The largest absolute Gasteiger partial charge is 0.394 e. The Morgan fingerprint density at radius 3 is 2.74 bits per heavy atom. The topological polar surface area (TPSA) is 61.4 Å². The Bertz CT molecular complexity index is 425. The summed E-state index contributed by atoms with van der Waals surface area (Å²) in [6, 6.07) is 3.33. The van der Waals surface area contributed by atoms with Crippen LogP contribution in [0, 0.1) is 0 Å². The van der Waals surface area contributed by atoms with E-state index in [4.69, 9.17) is 11.6 Å². The molecular weight excluding hydrogens is 284 g/mol. The van der Waals surface area contributed by atoms with Crippen molar-refractivity contribution in [3.05, 3.63) is 21.3 Å². The van der Waals surface area contributed by atoms with E-state index in [0.717, 1.165) is 17.7 Å². The highest BCUT2D eigenvalue weighted by Gasteiger charge is 2.25. The lowest BCUT2D eigenvalue weighted by molar-refractivity contribution is 0.162. The van der Waals surface area contributed by atoms with Crippen molar-refractivity contribution in [3.8, 4) is 0 Å². The molecule has 3 N–H and O–H groups in total. The van der Waals surface area contributed by atoms with Gasteiger partial charge in [-0.2, -0.15) is 0 Å². The molecule has 1 rings (SSSR count). The number of hydrogen-bond donors (Lipinski definition) is 3. The number of amides is 2. The maximum absolute atomic E-state index is 11.9. The van der Waals surface area contributed by atoms with Crippen molar-refractivity contribution in [1.82, 2.24) is 10.6 Å². The second kappa shape index (κ2) is 7.12. The number of hydrogen-bond acceptors (Lipinski definition) is 3. The molecule has 0 saturated carbocycles. The molecule has 0 spiro atoms. The molecule has 2 amide bonds. The number of thiophene rings is 1. The Hall–Kier alpha value is -0.780. The van der Waals surface area contributed by atoms with E-state index < -0.39 is 5.54 Å². The van der Waals surface area contributed by atoms with E-state index in [9.17, 15) is 9.90 Å². The SMILES string of the molecule is CCCC(C)(CO)NC(=O)NC(C)c1ccc(Cl)s1. The van der Waals surface area contributed by atoms with Gasteiger partial charge >= 0.3 is 6.03 Å². The normalized spacial score (nSPS) is 15.6. The van der Waals surface area contributed by atoms with Gasteiger partial charge in [-0.1, -0.05) is 24.9 Å². The van der Waals surface area contributed by atoms with Gasteiger partial charge in [0.25, 0.3) is 0 Å². The standard InChI is InChI=1S/C13H21ClN2O2S/c1-4-7-13(3,8-17)16-12(18)15-9(2)10-5-6-11(14)19-10/h5-6,9,17H,4,7-8H2,1-3H3,(H2,15,16,18). The fourth-order valence-corrected chi connectivity index (χ4v) is 2.94. The summed E-state index contributed by atoms with van der Waals surface area (Å²) in [5.41, 5.74) is -0.578. The second-order valence-corrected chi connectivity index (χ2v) is 6.68. The van der Waals surface area contributed by atoms with Crippen LogP contribution in [0.5, 0.6) is 0 Å². The smallest absolute Gasteiger partial charge is 0.315 e. The summed E-state index contributed by atoms with van der Waals surface area (Å²) in [7, 11) is 0. The summed E-state index contributed by atoms with van der Waals surface area (Å²) < 4.78 is 0.704. The number of carbonyl (C=O) groups excluding carboxylic acids is 1. The molecule has 2 unspecified atom stereocenters. The van der Waals surface area contributed by atoms with Gasteiger partial charge in [0.1, 0.15) is 0 Å². The van der Waals surface area contributed by atoms with Crippen molar-refractivity contribution in [2.45, 2.75) is 45.2 Å². The van der Waals surface area contributed by atoms with Crippen molar-refractivity contribution in [1.29, 1.82) is 0 Å². The van der Waals surface area contributed by atoms with Crippen molar-refractivity contribution in [3.63, 3.8) is 0 Å². The number of rotatable bonds is 6. The molecule has 0 saturated heterocycles. The van der Waals surface area contributed by atoms with Crippen molar-refractivity contribution >= 4 is 29.0 Å². The molecule has 1 heterocycles. The lowest BCUT2D eigenvalue weighted by Gasteiger charge is -2.29. The van der Waals surface area contributed by atoms with E-state index in [-0.39, 0.29) is 18.7 Å². The predicted octanol–water partition coefficient (Wildman–Crippen LogP) is 3.31. The van der Waals surface area contributed by atoms with Crippen LogP contribution in [0.1, 0.15) is 44.5 Å². The van der Waals surface area contributed by atoms with E-state index >= 15 is 0 Å². The average Bonchev–Trinajstić information content (AvgIpc) is 2.76. The highest BCUT2D eigenvalue weighted by Crippen LogP contribution is 2.26. The first-order chi connectivity index (χ1) is 8.90. The van der Waals surface area contributed by atoms with E-state index in [1.54, 1.807) is 0 Å². The third-order valence-electron chi connectivity index (χ3n) is 2.93. The number of nitrogens with one attached hydrogen (secondary N) is 2. The van der Waals surface area contributed by atoms with Gasteiger partial charge in [-0.25, -0.2) is 4.79 Å². The van der Waals surface area contributed by atoms with Crippen LogP contribution in [-0.4, -0.2) is 23.3 Å². The average molecular weight is 305 g/mol. The molecular formula is C13H21ClN2O2S. The molecule has 1 aromatic heterocycles. The molecule has 0 aliphatic heterocycles. The summed E-state index contributed by atoms with van der Waals surface area (Å²) in [5, 5.41) is 15.0. The number of halogens is 1. The molecule has 108 valence electrons. The number of urea groups is 1. The second-order valence-electron chi connectivity index (χ2n) is 4.93. The van der Waals surface area contributed by atoms with Crippen LogP contribution in [0.25, 0.3) is 0 Å². The lowest BCUT2D eigenvalue weighted by atomic mass is 9.98. The van der Waals surface area contributed by atoms with Gasteiger partial charge in [0, 0.05) is 4.88 Å². The number of aliphatic hydroxyl groups excluding tert-OH is 1. The zero-order valence-corrected chi connectivity index (χ0v) is 13.1. The van der Waals surface area contributed by atoms with Crippen LogP contribution < -0.4 is 10.6 Å². The minimum absolute atomic E-state index is 0.0759. The summed E-state index contributed by atoms with van der Waals surface area (Å²) in [6.07, 6.45) is 1.63. The monoisotopic (exact) mass is 304 g/mol. The third-order valence-corrected chi connectivity index (χ3v) is 4.35. The van der Waals surface area contributed by atoms with Gasteiger partial charge in [-0.15, -0.1) is 11.3 Å². The highest BCUT2D eigenvalue weighted by molar-refractivity contribution is 7.16. The van der Waals surface area contributed by atoms with E-state index in [1.807, 2.05) is 32.9 Å². The summed E-state index contributed by atoms with van der Waals surface area (Å²) in [6.45, 7) is 5.68. The van der Waals surface area contributed by atoms with Gasteiger partial charge in [0.05, 0.1) is 22.5 Å². The van der Waals surface area contributed by atoms with Crippen LogP contribution in [0.2, 0.25) is 4.34 Å². The predicted molar refractivity (Wildman–Crippen MR) is 79.8 cm³/mol. The quantitative estimate of drug-likeness (QED) is 0.755. The van der Waals surface area contributed by atoms with Crippen LogP contribution in [-0.2, 0) is 0 Å². The van der Waals surface area contributed by atoms with Crippen molar-refractivity contribution < 1.29 is 9.90 Å². The summed E-state index contributed by atoms with van der Waals surface area (Å²) in [4.78, 5) is 12.9. The van der Waals surface area contributed by atoms with Crippen LogP contribution in [0.3, 0.4) is 0 Å². The van der Waals surface area contributed by atoms with Crippen LogP contribution >= 0.6 is 22.9 Å². The minimum atomic E-state index is -0.578. The molecule has 0 radical (unpaired) electrons. The fourth-order valence-electron chi connectivity index (χ4n) is 1.87. The molecule has 1 aromatic rings.